The average molecular weight is 264 g/mol. The second kappa shape index (κ2) is 4.61. The SMILES string of the molecule is CN(Cc1ccco1)c1cc(Cl)nc(C2CC2)n1. The molecule has 0 N–H and O–H groups in total. The third-order valence-corrected chi connectivity index (χ3v) is 3.20. The summed E-state index contributed by atoms with van der Waals surface area (Å²) in [5, 5.41) is 0.508. The molecule has 1 fully saturated rings. The van der Waals surface area contributed by atoms with Gasteiger partial charge in [-0.25, -0.2) is 9.97 Å². The number of hydrogen-bond acceptors (Lipinski definition) is 4. The number of anilines is 1. The second-order valence-corrected chi connectivity index (χ2v) is 5.00. The van der Waals surface area contributed by atoms with Crippen LogP contribution in [0.5, 0.6) is 0 Å². The Bertz CT molecular complexity index is 537. The van der Waals surface area contributed by atoms with Crippen molar-refractivity contribution in [3.05, 3.63) is 41.2 Å². The summed E-state index contributed by atoms with van der Waals surface area (Å²) in [4.78, 5) is 10.9. The molecule has 0 radical (unpaired) electrons. The van der Waals surface area contributed by atoms with Gasteiger partial charge < -0.3 is 9.32 Å². The van der Waals surface area contributed by atoms with E-state index in [1.54, 1.807) is 12.3 Å². The molecule has 0 atom stereocenters. The zero-order chi connectivity index (χ0) is 12.5. The van der Waals surface area contributed by atoms with Crippen molar-refractivity contribution in [3.8, 4) is 0 Å². The fraction of sp³-hybridized carbons (Fsp3) is 0.385. The van der Waals surface area contributed by atoms with E-state index in [2.05, 4.69) is 9.97 Å². The van der Waals surface area contributed by atoms with Crippen LogP contribution in [0.2, 0.25) is 5.15 Å². The molecule has 0 aliphatic heterocycles. The lowest BCUT2D eigenvalue weighted by molar-refractivity contribution is 0.506. The van der Waals surface area contributed by atoms with Gasteiger partial charge in [0.15, 0.2) is 0 Å². The van der Waals surface area contributed by atoms with Gasteiger partial charge in [-0.2, -0.15) is 0 Å². The van der Waals surface area contributed by atoms with Crippen LogP contribution in [0.15, 0.2) is 28.9 Å². The van der Waals surface area contributed by atoms with Gasteiger partial charge in [0, 0.05) is 19.0 Å². The van der Waals surface area contributed by atoms with E-state index in [-0.39, 0.29) is 0 Å². The molecular weight excluding hydrogens is 250 g/mol. The third kappa shape index (κ3) is 2.48. The van der Waals surface area contributed by atoms with Gasteiger partial charge in [0.1, 0.15) is 22.6 Å². The monoisotopic (exact) mass is 263 g/mol. The summed E-state index contributed by atoms with van der Waals surface area (Å²) >= 11 is 6.05. The smallest absolute Gasteiger partial charge is 0.135 e. The summed E-state index contributed by atoms with van der Waals surface area (Å²) in [5.74, 6) is 3.11. The summed E-state index contributed by atoms with van der Waals surface area (Å²) in [7, 11) is 1.97. The van der Waals surface area contributed by atoms with Crippen molar-refractivity contribution in [1.29, 1.82) is 0 Å². The van der Waals surface area contributed by atoms with Crippen molar-refractivity contribution >= 4 is 17.4 Å². The molecule has 2 aromatic rings. The molecule has 0 amide bonds. The van der Waals surface area contributed by atoms with Gasteiger partial charge in [0.2, 0.25) is 0 Å². The van der Waals surface area contributed by atoms with Crippen molar-refractivity contribution in [3.63, 3.8) is 0 Å². The molecule has 0 aromatic carbocycles. The van der Waals surface area contributed by atoms with E-state index in [0.29, 0.717) is 17.6 Å². The Morgan fingerprint density at radius 3 is 2.94 bits per heavy atom. The maximum absolute atomic E-state index is 6.05. The standard InChI is InChI=1S/C13H14ClN3O/c1-17(8-10-3-2-6-18-10)12-7-11(14)15-13(16-12)9-4-5-9/h2-3,6-7,9H,4-5,8H2,1H3. The zero-order valence-corrected chi connectivity index (χ0v) is 10.9. The summed E-state index contributed by atoms with van der Waals surface area (Å²) in [6, 6.07) is 5.61. The van der Waals surface area contributed by atoms with Crippen LogP contribution in [-0.4, -0.2) is 17.0 Å². The molecule has 4 nitrogen and oxygen atoms in total. The van der Waals surface area contributed by atoms with E-state index in [4.69, 9.17) is 16.0 Å². The molecule has 2 heterocycles. The lowest BCUT2D eigenvalue weighted by Gasteiger charge is -2.17. The van der Waals surface area contributed by atoms with Crippen molar-refractivity contribution in [2.45, 2.75) is 25.3 Å². The number of hydrogen-bond donors (Lipinski definition) is 0. The highest BCUT2D eigenvalue weighted by atomic mass is 35.5. The molecule has 1 aliphatic carbocycles. The highest BCUT2D eigenvalue weighted by Gasteiger charge is 2.27. The van der Waals surface area contributed by atoms with Crippen molar-refractivity contribution in [1.82, 2.24) is 9.97 Å². The Hall–Kier alpha value is -1.55. The van der Waals surface area contributed by atoms with Crippen LogP contribution in [0.25, 0.3) is 0 Å². The van der Waals surface area contributed by atoms with Crippen molar-refractivity contribution in [2.24, 2.45) is 0 Å². The lowest BCUT2D eigenvalue weighted by atomic mass is 10.3. The number of halogens is 1. The molecule has 3 rings (SSSR count). The normalized spacial score (nSPS) is 14.8. The summed E-state index contributed by atoms with van der Waals surface area (Å²) in [6.45, 7) is 0.671. The first-order valence-electron chi connectivity index (χ1n) is 6.00. The lowest BCUT2D eigenvalue weighted by Crippen LogP contribution is -2.18. The van der Waals surface area contributed by atoms with Gasteiger partial charge in [-0.15, -0.1) is 0 Å². The van der Waals surface area contributed by atoms with Crippen molar-refractivity contribution in [2.75, 3.05) is 11.9 Å². The van der Waals surface area contributed by atoms with Crippen LogP contribution in [0, 0.1) is 0 Å². The van der Waals surface area contributed by atoms with Gasteiger partial charge in [-0.3, -0.25) is 0 Å². The van der Waals surface area contributed by atoms with E-state index in [0.717, 1.165) is 17.4 Å². The maximum Gasteiger partial charge on any atom is 0.135 e. The van der Waals surface area contributed by atoms with E-state index in [9.17, 15) is 0 Å². The summed E-state index contributed by atoms with van der Waals surface area (Å²) in [6.07, 6.45) is 4.01. The van der Waals surface area contributed by atoms with Crippen LogP contribution >= 0.6 is 11.6 Å². The molecule has 2 aromatic heterocycles. The largest absolute Gasteiger partial charge is 0.467 e. The second-order valence-electron chi connectivity index (χ2n) is 4.62. The van der Waals surface area contributed by atoms with E-state index >= 15 is 0 Å². The Morgan fingerprint density at radius 2 is 2.28 bits per heavy atom. The first-order chi connectivity index (χ1) is 8.72. The minimum absolute atomic E-state index is 0.500. The third-order valence-electron chi connectivity index (χ3n) is 3.01. The number of furan rings is 1. The molecule has 0 saturated heterocycles. The Balaban J connectivity index is 1.81. The summed E-state index contributed by atoms with van der Waals surface area (Å²) < 4.78 is 5.33. The summed E-state index contributed by atoms with van der Waals surface area (Å²) in [5.41, 5.74) is 0. The highest BCUT2D eigenvalue weighted by molar-refractivity contribution is 6.29. The van der Waals surface area contributed by atoms with Crippen LogP contribution in [0.4, 0.5) is 5.82 Å². The molecule has 0 unspecified atom stereocenters. The Kier molecular flexibility index (Phi) is 2.96. The first kappa shape index (κ1) is 11.5. The molecule has 0 bridgehead atoms. The van der Waals surface area contributed by atoms with Gasteiger partial charge in [0.05, 0.1) is 12.8 Å². The van der Waals surface area contributed by atoms with Gasteiger partial charge in [-0.1, -0.05) is 11.6 Å². The topological polar surface area (TPSA) is 42.2 Å². The predicted octanol–water partition coefficient (Wildman–Crippen LogP) is 3.24. The average Bonchev–Trinajstić information content (AvgIpc) is 3.08. The van der Waals surface area contributed by atoms with E-state index < -0.39 is 0 Å². The van der Waals surface area contributed by atoms with Crippen molar-refractivity contribution < 1.29 is 4.42 Å². The minimum Gasteiger partial charge on any atom is -0.467 e. The molecule has 94 valence electrons. The van der Waals surface area contributed by atoms with Crippen LogP contribution in [0.3, 0.4) is 0 Å². The first-order valence-corrected chi connectivity index (χ1v) is 6.38. The molecular formula is C13H14ClN3O. The number of aromatic nitrogens is 2. The maximum atomic E-state index is 6.05. The molecule has 1 saturated carbocycles. The van der Waals surface area contributed by atoms with Crippen LogP contribution in [-0.2, 0) is 6.54 Å². The zero-order valence-electron chi connectivity index (χ0n) is 10.1. The van der Waals surface area contributed by atoms with E-state index in [1.165, 1.54) is 12.8 Å². The van der Waals surface area contributed by atoms with Crippen LogP contribution < -0.4 is 4.90 Å². The molecule has 1 aliphatic rings. The Labute approximate surface area is 111 Å². The predicted molar refractivity (Wildman–Crippen MR) is 69.8 cm³/mol. The fourth-order valence-corrected chi connectivity index (χ4v) is 2.04. The number of rotatable bonds is 4. The minimum atomic E-state index is 0.500. The number of nitrogens with zero attached hydrogens (tertiary/aromatic N) is 3. The van der Waals surface area contributed by atoms with Gasteiger partial charge >= 0.3 is 0 Å². The van der Waals surface area contributed by atoms with Gasteiger partial charge in [0.25, 0.3) is 0 Å². The van der Waals surface area contributed by atoms with Gasteiger partial charge in [-0.05, 0) is 25.0 Å². The highest BCUT2D eigenvalue weighted by Crippen LogP contribution is 2.39. The molecule has 0 spiro atoms. The van der Waals surface area contributed by atoms with Crippen LogP contribution in [0.1, 0.15) is 30.3 Å². The van der Waals surface area contributed by atoms with E-state index in [1.807, 2.05) is 24.1 Å². The fourth-order valence-electron chi connectivity index (χ4n) is 1.86. The quantitative estimate of drug-likeness (QED) is 0.794. The Morgan fingerprint density at radius 1 is 1.44 bits per heavy atom. The molecule has 5 heteroatoms. The molecule has 18 heavy (non-hydrogen) atoms.